The predicted molar refractivity (Wildman–Crippen MR) is 74.9 cm³/mol. The topological polar surface area (TPSA) is 12.0 Å². The summed E-state index contributed by atoms with van der Waals surface area (Å²) in [4.78, 5) is 0. The van der Waals surface area contributed by atoms with Crippen molar-refractivity contribution in [1.29, 1.82) is 0 Å². The van der Waals surface area contributed by atoms with Crippen LogP contribution in [0.15, 0.2) is 0 Å². The van der Waals surface area contributed by atoms with Crippen LogP contribution in [-0.2, 0) is 0 Å². The van der Waals surface area contributed by atoms with E-state index >= 15 is 0 Å². The molecule has 0 aliphatic heterocycles. The first-order chi connectivity index (χ1) is 7.77. The van der Waals surface area contributed by atoms with Gasteiger partial charge in [-0.1, -0.05) is 65.7 Å². The van der Waals surface area contributed by atoms with Crippen molar-refractivity contribution in [2.75, 3.05) is 13.1 Å². The standard InChI is InChI=1S/C15H33N/c1-4-5-10-13-16-14-11-8-6-7-9-12-15(2)3/h15-16H,4-14H2,1-3H3. The third-order valence-electron chi connectivity index (χ3n) is 3.09. The SMILES string of the molecule is CCCCCNCCCCCCCC(C)C. The highest BCUT2D eigenvalue weighted by molar-refractivity contribution is 4.51. The van der Waals surface area contributed by atoms with Crippen molar-refractivity contribution in [2.24, 2.45) is 5.92 Å². The minimum absolute atomic E-state index is 0.889. The second kappa shape index (κ2) is 13.0. The van der Waals surface area contributed by atoms with Crippen LogP contribution >= 0.6 is 0 Å². The van der Waals surface area contributed by atoms with Crippen LogP contribution in [0, 0.1) is 5.92 Å². The smallest absolute Gasteiger partial charge is 0.00489 e. The van der Waals surface area contributed by atoms with Crippen molar-refractivity contribution in [1.82, 2.24) is 5.32 Å². The highest BCUT2D eigenvalue weighted by Gasteiger charge is 1.94. The minimum Gasteiger partial charge on any atom is -0.317 e. The molecule has 0 unspecified atom stereocenters. The summed E-state index contributed by atoms with van der Waals surface area (Å²) in [5.41, 5.74) is 0. The lowest BCUT2D eigenvalue weighted by Gasteiger charge is -2.05. The molecule has 0 amide bonds. The first-order valence-electron chi connectivity index (χ1n) is 7.48. The van der Waals surface area contributed by atoms with E-state index in [1.54, 1.807) is 0 Å². The fraction of sp³-hybridized carbons (Fsp3) is 1.00. The Balaban J connectivity index is 2.88. The van der Waals surface area contributed by atoms with E-state index in [2.05, 4.69) is 26.1 Å². The van der Waals surface area contributed by atoms with Gasteiger partial charge in [-0.15, -0.1) is 0 Å². The Morgan fingerprint density at radius 2 is 1.31 bits per heavy atom. The summed E-state index contributed by atoms with van der Waals surface area (Å²) >= 11 is 0. The third-order valence-corrected chi connectivity index (χ3v) is 3.09. The molecule has 1 N–H and O–H groups in total. The molecule has 0 bridgehead atoms. The highest BCUT2D eigenvalue weighted by atomic mass is 14.8. The molecular formula is C15H33N. The Labute approximate surface area is 103 Å². The van der Waals surface area contributed by atoms with Crippen LogP contribution in [0.25, 0.3) is 0 Å². The maximum absolute atomic E-state index is 3.53. The van der Waals surface area contributed by atoms with Gasteiger partial charge in [0.1, 0.15) is 0 Å². The van der Waals surface area contributed by atoms with Crippen molar-refractivity contribution in [3.63, 3.8) is 0 Å². The van der Waals surface area contributed by atoms with Crippen molar-refractivity contribution in [3.05, 3.63) is 0 Å². The number of rotatable bonds is 12. The second-order valence-corrected chi connectivity index (χ2v) is 5.41. The molecule has 16 heavy (non-hydrogen) atoms. The fourth-order valence-electron chi connectivity index (χ4n) is 1.96. The van der Waals surface area contributed by atoms with Crippen LogP contribution in [0.4, 0.5) is 0 Å². The zero-order valence-corrected chi connectivity index (χ0v) is 11.9. The Hall–Kier alpha value is -0.0400. The molecule has 0 saturated carbocycles. The third kappa shape index (κ3) is 14.0. The van der Waals surface area contributed by atoms with E-state index in [0.29, 0.717) is 0 Å². The molecule has 0 rings (SSSR count). The first-order valence-corrected chi connectivity index (χ1v) is 7.48. The van der Waals surface area contributed by atoms with E-state index in [0.717, 1.165) is 5.92 Å². The molecule has 98 valence electrons. The quantitative estimate of drug-likeness (QED) is 0.474. The molecule has 0 fully saturated rings. The lowest BCUT2D eigenvalue weighted by Crippen LogP contribution is -2.16. The minimum atomic E-state index is 0.889. The Kier molecular flexibility index (Phi) is 13.0. The molecule has 0 aliphatic rings. The van der Waals surface area contributed by atoms with Crippen molar-refractivity contribution in [2.45, 2.75) is 78.6 Å². The van der Waals surface area contributed by atoms with Gasteiger partial charge in [0, 0.05) is 0 Å². The van der Waals surface area contributed by atoms with Gasteiger partial charge in [0.15, 0.2) is 0 Å². The molecular weight excluding hydrogens is 194 g/mol. The van der Waals surface area contributed by atoms with Gasteiger partial charge in [-0.25, -0.2) is 0 Å². The van der Waals surface area contributed by atoms with Gasteiger partial charge in [-0.2, -0.15) is 0 Å². The second-order valence-electron chi connectivity index (χ2n) is 5.41. The molecule has 0 spiro atoms. The molecule has 0 radical (unpaired) electrons. The fourth-order valence-corrected chi connectivity index (χ4v) is 1.96. The summed E-state index contributed by atoms with van der Waals surface area (Å²) in [6.07, 6.45) is 12.6. The monoisotopic (exact) mass is 227 g/mol. The number of hydrogen-bond donors (Lipinski definition) is 1. The summed E-state index contributed by atoms with van der Waals surface area (Å²) in [7, 11) is 0. The Bertz CT molecular complexity index is 121. The first kappa shape index (κ1) is 16.0. The van der Waals surface area contributed by atoms with Gasteiger partial charge in [0.25, 0.3) is 0 Å². The molecule has 0 aromatic carbocycles. The summed E-state index contributed by atoms with van der Waals surface area (Å²) in [5, 5.41) is 3.53. The van der Waals surface area contributed by atoms with Gasteiger partial charge >= 0.3 is 0 Å². The lowest BCUT2D eigenvalue weighted by molar-refractivity contribution is 0.508. The number of unbranched alkanes of at least 4 members (excludes halogenated alkanes) is 6. The summed E-state index contributed by atoms with van der Waals surface area (Å²) in [6.45, 7) is 9.35. The van der Waals surface area contributed by atoms with E-state index in [4.69, 9.17) is 0 Å². The highest BCUT2D eigenvalue weighted by Crippen LogP contribution is 2.10. The molecule has 0 aromatic heterocycles. The van der Waals surface area contributed by atoms with Gasteiger partial charge in [-0.05, 0) is 31.8 Å². The van der Waals surface area contributed by atoms with E-state index in [1.807, 2.05) is 0 Å². The van der Waals surface area contributed by atoms with Crippen molar-refractivity contribution in [3.8, 4) is 0 Å². The molecule has 0 aromatic rings. The Morgan fingerprint density at radius 3 is 1.94 bits per heavy atom. The van der Waals surface area contributed by atoms with Crippen LogP contribution in [-0.4, -0.2) is 13.1 Å². The molecule has 1 heteroatoms. The normalized spacial score (nSPS) is 11.2. The Morgan fingerprint density at radius 1 is 0.750 bits per heavy atom. The molecule has 0 saturated heterocycles. The zero-order valence-electron chi connectivity index (χ0n) is 11.9. The maximum Gasteiger partial charge on any atom is -0.00489 e. The van der Waals surface area contributed by atoms with Crippen LogP contribution in [0.3, 0.4) is 0 Å². The predicted octanol–water partition coefficient (Wildman–Crippen LogP) is 4.76. The van der Waals surface area contributed by atoms with Gasteiger partial charge in [-0.3, -0.25) is 0 Å². The van der Waals surface area contributed by atoms with Crippen LogP contribution in [0.5, 0.6) is 0 Å². The van der Waals surface area contributed by atoms with Gasteiger partial charge in [0.05, 0.1) is 0 Å². The van der Waals surface area contributed by atoms with Crippen molar-refractivity contribution < 1.29 is 0 Å². The summed E-state index contributed by atoms with van der Waals surface area (Å²) in [6, 6.07) is 0. The average Bonchev–Trinajstić information content (AvgIpc) is 2.25. The number of hydrogen-bond acceptors (Lipinski definition) is 1. The molecule has 0 heterocycles. The molecule has 1 nitrogen and oxygen atoms in total. The summed E-state index contributed by atoms with van der Waals surface area (Å²) in [5.74, 6) is 0.889. The molecule has 0 atom stereocenters. The lowest BCUT2D eigenvalue weighted by atomic mass is 10.0. The van der Waals surface area contributed by atoms with Crippen LogP contribution < -0.4 is 5.32 Å². The van der Waals surface area contributed by atoms with Gasteiger partial charge < -0.3 is 5.32 Å². The van der Waals surface area contributed by atoms with Gasteiger partial charge in [0.2, 0.25) is 0 Å². The number of nitrogens with one attached hydrogen (secondary N) is 1. The van der Waals surface area contributed by atoms with Crippen LogP contribution in [0.1, 0.15) is 78.6 Å². The zero-order chi connectivity index (χ0) is 12.1. The largest absolute Gasteiger partial charge is 0.317 e. The van der Waals surface area contributed by atoms with E-state index in [1.165, 1.54) is 70.9 Å². The molecule has 0 aliphatic carbocycles. The average molecular weight is 227 g/mol. The van der Waals surface area contributed by atoms with Crippen molar-refractivity contribution >= 4 is 0 Å². The van der Waals surface area contributed by atoms with Crippen LogP contribution in [0.2, 0.25) is 0 Å². The van der Waals surface area contributed by atoms with E-state index in [9.17, 15) is 0 Å². The maximum atomic E-state index is 3.53. The van der Waals surface area contributed by atoms with E-state index in [-0.39, 0.29) is 0 Å². The van der Waals surface area contributed by atoms with E-state index < -0.39 is 0 Å². The summed E-state index contributed by atoms with van der Waals surface area (Å²) < 4.78 is 0.